The number of hydrogen-bond acceptors (Lipinski definition) is 5. The second-order valence-electron chi connectivity index (χ2n) is 6.34. The van der Waals surface area contributed by atoms with Gasteiger partial charge in [-0.2, -0.15) is 0 Å². The first-order chi connectivity index (χ1) is 11.1. The number of benzene rings is 1. The predicted molar refractivity (Wildman–Crippen MR) is 92.2 cm³/mol. The van der Waals surface area contributed by atoms with Crippen molar-refractivity contribution >= 4 is 22.7 Å². The summed E-state index contributed by atoms with van der Waals surface area (Å²) in [6.45, 7) is 4.26. The average Bonchev–Trinajstić information content (AvgIpc) is 3.24. The molecule has 2 aromatic heterocycles. The summed E-state index contributed by atoms with van der Waals surface area (Å²) < 4.78 is 2.14. The molecule has 0 radical (unpaired) electrons. The molecule has 0 aliphatic heterocycles. The second-order valence-corrected chi connectivity index (χ2v) is 6.34. The van der Waals surface area contributed by atoms with Crippen LogP contribution in [0.4, 0.5) is 11.5 Å². The first kappa shape index (κ1) is 14.0. The highest BCUT2D eigenvalue weighted by molar-refractivity contribution is 5.87. The summed E-state index contributed by atoms with van der Waals surface area (Å²) in [5.74, 6) is 1.70. The average molecular weight is 308 g/mol. The molecule has 6 heteroatoms. The topological polar surface area (TPSA) is 81.7 Å². The van der Waals surface area contributed by atoms with E-state index in [0.29, 0.717) is 6.04 Å². The fraction of sp³-hybridized carbons (Fsp3) is 0.353. The quantitative estimate of drug-likeness (QED) is 0.723. The van der Waals surface area contributed by atoms with Crippen molar-refractivity contribution in [3.05, 3.63) is 30.6 Å². The van der Waals surface area contributed by atoms with E-state index in [9.17, 15) is 0 Å². The van der Waals surface area contributed by atoms with Gasteiger partial charge >= 0.3 is 0 Å². The maximum Gasteiger partial charge on any atom is 0.166 e. The molecule has 0 spiro atoms. The largest absolute Gasteiger partial charge is 0.399 e. The van der Waals surface area contributed by atoms with Gasteiger partial charge in [-0.15, -0.1) is 0 Å². The molecule has 1 fully saturated rings. The third-order valence-corrected chi connectivity index (χ3v) is 4.06. The van der Waals surface area contributed by atoms with Crippen LogP contribution in [0.2, 0.25) is 0 Å². The predicted octanol–water partition coefficient (Wildman–Crippen LogP) is 3.23. The van der Waals surface area contributed by atoms with E-state index in [2.05, 4.69) is 33.7 Å². The number of nitrogens with two attached hydrogens (primary N) is 1. The van der Waals surface area contributed by atoms with Gasteiger partial charge in [0.2, 0.25) is 0 Å². The van der Waals surface area contributed by atoms with Crippen LogP contribution in [0, 0.1) is 0 Å². The van der Waals surface area contributed by atoms with Crippen LogP contribution < -0.4 is 11.1 Å². The van der Waals surface area contributed by atoms with E-state index in [1.165, 1.54) is 12.8 Å². The number of nitrogens with one attached hydrogen (secondary N) is 1. The van der Waals surface area contributed by atoms with Gasteiger partial charge in [0.15, 0.2) is 17.0 Å². The Morgan fingerprint density at radius 1 is 1.26 bits per heavy atom. The number of rotatable bonds is 4. The SMILES string of the molecule is CC(C)n1c(-c2cccc(N)c2)nc2c(NC3CC3)ncnc21. The summed E-state index contributed by atoms with van der Waals surface area (Å²) >= 11 is 0. The van der Waals surface area contributed by atoms with Gasteiger partial charge in [-0.3, -0.25) is 0 Å². The molecule has 118 valence electrons. The van der Waals surface area contributed by atoms with Crippen molar-refractivity contribution in [3.8, 4) is 11.4 Å². The molecule has 1 aromatic carbocycles. The highest BCUT2D eigenvalue weighted by Crippen LogP contribution is 2.32. The minimum absolute atomic E-state index is 0.236. The number of anilines is 2. The van der Waals surface area contributed by atoms with Gasteiger partial charge in [-0.1, -0.05) is 12.1 Å². The Labute approximate surface area is 134 Å². The van der Waals surface area contributed by atoms with Crippen LogP contribution in [0.5, 0.6) is 0 Å². The molecule has 23 heavy (non-hydrogen) atoms. The number of nitrogens with zero attached hydrogens (tertiary/aromatic N) is 4. The molecule has 0 atom stereocenters. The van der Waals surface area contributed by atoms with Crippen LogP contribution in [0.15, 0.2) is 30.6 Å². The van der Waals surface area contributed by atoms with Gasteiger partial charge < -0.3 is 15.6 Å². The maximum atomic E-state index is 5.94. The molecule has 6 nitrogen and oxygen atoms in total. The van der Waals surface area contributed by atoms with Gasteiger partial charge in [0.1, 0.15) is 12.2 Å². The van der Waals surface area contributed by atoms with Crippen molar-refractivity contribution < 1.29 is 0 Å². The van der Waals surface area contributed by atoms with Crippen LogP contribution in [-0.4, -0.2) is 25.6 Å². The van der Waals surface area contributed by atoms with Gasteiger partial charge in [-0.25, -0.2) is 15.0 Å². The fourth-order valence-corrected chi connectivity index (χ4v) is 2.81. The molecular weight excluding hydrogens is 288 g/mol. The van der Waals surface area contributed by atoms with E-state index in [0.717, 1.165) is 34.1 Å². The minimum Gasteiger partial charge on any atom is -0.399 e. The van der Waals surface area contributed by atoms with E-state index < -0.39 is 0 Å². The molecular formula is C17H20N6. The number of fused-ring (bicyclic) bond motifs is 1. The van der Waals surface area contributed by atoms with Gasteiger partial charge in [0.25, 0.3) is 0 Å². The Morgan fingerprint density at radius 2 is 2.09 bits per heavy atom. The van der Waals surface area contributed by atoms with Crippen molar-refractivity contribution in [2.75, 3.05) is 11.1 Å². The van der Waals surface area contributed by atoms with Gasteiger partial charge in [0, 0.05) is 23.3 Å². The molecule has 0 amide bonds. The third kappa shape index (κ3) is 2.50. The molecule has 3 N–H and O–H groups in total. The summed E-state index contributed by atoms with van der Waals surface area (Å²) in [6, 6.07) is 8.56. The number of aromatic nitrogens is 4. The number of hydrogen-bond donors (Lipinski definition) is 2. The van der Waals surface area contributed by atoms with Crippen molar-refractivity contribution in [3.63, 3.8) is 0 Å². The lowest BCUT2D eigenvalue weighted by Gasteiger charge is -2.12. The normalized spacial score (nSPS) is 14.6. The molecule has 0 saturated heterocycles. The summed E-state index contributed by atoms with van der Waals surface area (Å²) in [7, 11) is 0. The van der Waals surface area contributed by atoms with Crippen LogP contribution >= 0.6 is 0 Å². The Bertz CT molecular complexity index is 863. The number of nitrogen functional groups attached to an aromatic ring is 1. The molecule has 3 aromatic rings. The van der Waals surface area contributed by atoms with E-state index in [4.69, 9.17) is 10.7 Å². The first-order valence-corrected chi connectivity index (χ1v) is 7.99. The molecule has 2 heterocycles. The molecule has 0 unspecified atom stereocenters. The maximum absolute atomic E-state index is 5.94. The standard InChI is InChI=1S/C17H20N6/c1-10(2)23-16(11-4-3-5-12(18)8-11)22-14-15(21-13-6-7-13)19-9-20-17(14)23/h3-5,8-10,13H,6-7,18H2,1-2H3,(H,19,20,21). The minimum atomic E-state index is 0.236. The van der Waals surface area contributed by atoms with Crippen LogP contribution in [0.3, 0.4) is 0 Å². The van der Waals surface area contributed by atoms with Crippen LogP contribution in [0.25, 0.3) is 22.6 Å². The fourth-order valence-electron chi connectivity index (χ4n) is 2.81. The van der Waals surface area contributed by atoms with Crippen molar-refractivity contribution in [2.45, 2.75) is 38.8 Å². The Morgan fingerprint density at radius 3 is 2.78 bits per heavy atom. The summed E-state index contributed by atoms with van der Waals surface area (Å²) in [5.41, 5.74) is 9.35. The van der Waals surface area contributed by atoms with Gasteiger partial charge in [-0.05, 0) is 38.8 Å². The van der Waals surface area contributed by atoms with Crippen LogP contribution in [0.1, 0.15) is 32.7 Å². The van der Waals surface area contributed by atoms with Gasteiger partial charge in [0.05, 0.1) is 0 Å². The zero-order chi connectivity index (χ0) is 16.0. The molecule has 1 aliphatic carbocycles. The van der Waals surface area contributed by atoms with E-state index in [-0.39, 0.29) is 6.04 Å². The smallest absolute Gasteiger partial charge is 0.166 e. The lowest BCUT2D eigenvalue weighted by atomic mass is 10.2. The lowest BCUT2D eigenvalue weighted by molar-refractivity contribution is 0.619. The van der Waals surface area contributed by atoms with E-state index in [1.54, 1.807) is 6.33 Å². The van der Waals surface area contributed by atoms with E-state index >= 15 is 0 Å². The highest BCUT2D eigenvalue weighted by Gasteiger charge is 2.25. The first-order valence-electron chi connectivity index (χ1n) is 7.99. The summed E-state index contributed by atoms with van der Waals surface area (Å²) in [6.07, 6.45) is 3.99. The lowest BCUT2D eigenvalue weighted by Crippen LogP contribution is -2.06. The Kier molecular flexibility index (Phi) is 3.18. The monoisotopic (exact) mass is 308 g/mol. The van der Waals surface area contributed by atoms with Crippen LogP contribution in [-0.2, 0) is 0 Å². The molecule has 1 aliphatic rings. The van der Waals surface area contributed by atoms with E-state index in [1.807, 2.05) is 24.3 Å². The third-order valence-electron chi connectivity index (χ3n) is 4.06. The van der Waals surface area contributed by atoms with Crippen molar-refractivity contribution in [1.82, 2.24) is 19.5 Å². The zero-order valence-electron chi connectivity index (χ0n) is 13.3. The zero-order valence-corrected chi connectivity index (χ0v) is 13.3. The van der Waals surface area contributed by atoms with Crippen molar-refractivity contribution in [2.24, 2.45) is 0 Å². The molecule has 1 saturated carbocycles. The number of imidazole rings is 1. The highest BCUT2D eigenvalue weighted by atomic mass is 15.2. The Balaban J connectivity index is 1.94. The Hall–Kier alpha value is -2.63. The summed E-state index contributed by atoms with van der Waals surface area (Å²) in [5, 5.41) is 3.45. The van der Waals surface area contributed by atoms with Crippen molar-refractivity contribution in [1.29, 1.82) is 0 Å². The molecule has 4 rings (SSSR count). The molecule has 0 bridgehead atoms. The second kappa shape index (κ2) is 5.22. The summed E-state index contributed by atoms with van der Waals surface area (Å²) in [4.78, 5) is 13.7.